The summed E-state index contributed by atoms with van der Waals surface area (Å²) in [4.78, 5) is 30.6. The van der Waals surface area contributed by atoms with Gasteiger partial charge in [0, 0.05) is 57.5 Å². The number of likely N-dealkylation sites (N-methyl/N-ethyl adjacent to an activating group) is 1. The second-order valence-corrected chi connectivity index (χ2v) is 9.59. The van der Waals surface area contributed by atoms with Crippen LogP contribution in [0.25, 0.3) is 0 Å². The van der Waals surface area contributed by atoms with E-state index in [0.717, 1.165) is 65.0 Å². The fraction of sp³-hybridized carbons (Fsp3) is 0.667. The first kappa shape index (κ1) is 20.8. The highest BCUT2D eigenvalue weighted by molar-refractivity contribution is 5.98. The lowest BCUT2D eigenvalue weighted by molar-refractivity contribution is -0.146. The van der Waals surface area contributed by atoms with Gasteiger partial charge in [0.2, 0.25) is 5.91 Å². The van der Waals surface area contributed by atoms with Crippen LogP contribution in [0.2, 0.25) is 0 Å². The van der Waals surface area contributed by atoms with Gasteiger partial charge < -0.3 is 20.3 Å². The number of carbonyl (C=O) groups excluding carboxylic acids is 2. The summed E-state index contributed by atoms with van der Waals surface area (Å²) in [6, 6.07) is 7.45. The van der Waals surface area contributed by atoms with E-state index in [2.05, 4.69) is 27.4 Å². The number of nitrogens with one attached hydrogen (secondary N) is 2. The molecule has 4 fully saturated rings. The number of amides is 2. The monoisotopic (exact) mass is 426 g/mol. The Kier molecular flexibility index (Phi) is 5.65. The quantitative estimate of drug-likeness (QED) is 0.750. The normalized spacial score (nSPS) is 32.9. The van der Waals surface area contributed by atoms with Gasteiger partial charge in [0.15, 0.2) is 5.72 Å². The van der Waals surface area contributed by atoms with Crippen LogP contribution in [-0.2, 0) is 4.79 Å². The molecule has 0 unspecified atom stereocenters. The van der Waals surface area contributed by atoms with Crippen molar-refractivity contribution >= 4 is 11.8 Å². The smallest absolute Gasteiger partial charge is 0.258 e. The third-order valence-corrected chi connectivity index (χ3v) is 7.94. The van der Waals surface area contributed by atoms with Crippen LogP contribution in [-0.4, -0.2) is 73.2 Å². The van der Waals surface area contributed by atoms with E-state index in [-0.39, 0.29) is 29.6 Å². The molecule has 2 amide bonds. The van der Waals surface area contributed by atoms with Crippen molar-refractivity contribution in [2.75, 3.05) is 45.8 Å². The number of nitrogens with zero attached hydrogens (tertiary/aromatic N) is 2. The molecule has 7 heteroatoms. The van der Waals surface area contributed by atoms with Gasteiger partial charge in [-0.2, -0.15) is 0 Å². The maximum absolute atomic E-state index is 13.0. The molecule has 2 aliphatic heterocycles. The molecular formula is C24H34N4O3. The van der Waals surface area contributed by atoms with E-state index in [9.17, 15) is 9.59 Å². The van der Waals surface area contributed by atoms with Crippen LogP contribution in [0.1, 0.15) is 43.0 Å². The van der Waals surface area contributed by atoms with Crippen molar-refractivity contribution in [1.29, 1.82) is 0 Å². The molecule has 6 rings (SSSR count). The zero-order valence-corrected chi connectivity index (χ0v) is 18.4. The highest BCUT2D eigenvalue weighted by Gasteiger charge is 2.57. The third kappa shape index (κ3) is 3.94. The molecule has 1 spiro atoms. The van der Waals surface area contributed by atoms with Crippen molar-refractivity contribution in [3.8, 4) is 5.75 Å². The molecule has 7 nitrogen and oxygen atoms in total. The standard InChI is InChI=1S/C24H34N4O3/c1-2-27-11-13-28(14-12-27)10-9-25-22(29)20-15-18-8-7-17(20)16-24(18)26-23(30)19-5-3-4-6-21(19)31-24/h3-6,17-18,20H,2,7-16H2,1H3,(H,25,29)(H,26,30)/t17-,18-,20+,24+/m1/s1. The van der Waals surface area contributed by atoms with Gasteiger partial charge in [-0.25, -0.2) is 0 Å². The van der Waals surface area contributed by atoms with E-state index in [1.165, 1.54) is 0 Å². The molecule has 5 aliphatic rings. The zero-order valence-electron chi connectivity index (χ0n) is 18.4. The summed E-state index contributed by atoms with van der Waals surface area (Å²) in [5.41, 5.74) is -0.0481. The van der Waals surface area contributed by atoms with Crippen molar-refractivity contribution in [2.24, 2.45) is 17.8 Å². The minimum Gasteiger partial charge on any atom is -0.467 e. The average molecular weight is 427 g/mol. The Balaban J connectivity index is 1.16. The number of carbonyl (C=O) groups is 2. The Morgan fingerprint density at radius 3 is 2.71 bits per heavy atom. The fourth-order valence-corrected chi connectivity index (χ4v) is 6.08. The topological polar surface area (TPSA) is 73.9 Å². The summed E-state index contributed by atoms with van der Waals surface area (Å²) in [5, 5.41) is 6.37. The van der Waals surface area contributed by atoms with Crippen LogP contribution in [0, 0.1) is 17.8 Å². The Hall–Kier alpha value is -2.12. The van der Waals surface area contributed by atoms with E-state index in [1.807, 2.05) is 18.2 Å². The predicted octanol–water partition coefficient (Wildman–Crippen LogP) is 1.70. The number of rotatable bonds is 5. The number of hydrogen-bond donors (Lipinski definition) is 2. The van der Waals surface area contributed by atoms with Crippen molar-refractivity contribution in [3.63, 3.8) is 0 Å². The summed E-state index contributed by atoms with van der Waals surface area (Å²) >= 11 is 0. The molecule has 1 aromatic rings. The summed E-state index contributed by atoms with van der Waals surface area (Å²) in [6.45, 7) is 9.36. The molecule has 1 saturated heterocycles. The van der Waals surface area contributed by atoms with E-state index >= 15 is 0 Å². The second-order valence-electron chi connectivity index (χ2n) is 9.59. The molecule has 4 atom stereocenters. The summed E-state index contributed by atoms with van der Waals surface area (Å²) in [5.74, 6) is 1.25. The molecule has 2 heterocycles. The Labute approximate surface area is 184 Å². The van der Waals surface area contributed by atoms with Crippen molar-refractivity contribution in [3.05, 3.63) is 29.8 Å². The lowest BCUT2D eigenvalue weighted by atomic mass is 9.60. The first-order valence-corrected chi connectivity index (χ1v) is 11.9. The van der Waals surface area contributed by atoms with Crippen LogP contribution in [0.4, 0.5) is 0 Å². The first-order chi connectivity index (χ1) is 15.1. The zero-order chi connectivity index (χ0) is 21.4. The van der Waals surface area contributed by atoms with Crippen molar-refractivity contribution in [1.82, 2.24) is 20.4 Å². The van der Waals surface area contributed by atoms with E-state index < -0.39 is 5.72 Å². The average Bonchev–Trinajstić information content (AvgIpc) is 2.79. The Morgan fingerprint density at radius 2 is 1.97 bits per heavy atom. The summed E-state index contributed by atoms with van der Waals surface area (Å²) in [7, 11) is 0. The number of benzene rings is 1. The van der Waals surface area contributed by atoms with Gasteiger partial charge in [0.25, 0.3) is 5.91 Å². The molecule has 3 aliphatic carbocycles. The molecular weight excluding hydrogens is 392 g/mol. The predicted molar refractivity (Wildman–Crippen MR) is 118 cm³/mol. The molecule has 168 valence electrons. The van der Waals surface area contributed by atoms with Gasteiger partial charge >= 0.3 is 0 Å². The lowest BCUT2D eigenvalue weighted by Crippen LogP contribution is -2.67. The van der Waals surface area contributed by atoms with Gasteiger partial charge in [-0.3, -0.25) is 14.5 Å². The van der Waals surface area contributed by atoms with Crippen LogP contribution in [0.15, 0.2) is 24.3 Å². The van der Waals surface area contributed by atoms with E-state index in [0.29, 0.717) is 17.9 Å². The molecule has 0 aromatic heterocycles. The first-order valence-electron chi connectivity index (χ1n) is 11.9. The summed E-state index contributed by atoms with van der Waals surface area (Å²) < 4.78 is 6.40. The third-order valence-electron chi connectivity index (χ3n) is 7.94. The minimum atomic E-state index is -0.649. The number of fused-ring (bicyclic) bond motifs is 3. The van der Waals surface area contributed by atoms with Crippen molar-refractivity contribution < 1.29 is 14.3 Å². The SMILES string of the molecule is CCN1CCN(CCNC(=O)[C@H]2C[C@H]3CC[C@@H]2C[C@@]32NC(=O)c3ccccc3O2)CC1. The van der Waals surface area contributed by atoms with Gasteiger partial charge in [0.05, 0.1) is 5.56 Å². The lowest BCUT2D eigenvalue weighted by Gasteiger charge is -2.55. The molecule has 1 aromatic carbocycles. The van der Waals surface area contributed by atoms with E-state index in [1.54, 1.807) is 6.07 Å². The fourth-order valence-electron chi connectivity index (χ4n) is 6.08. The second kappa shape index (κ2) is 8.43. The van der Waals surface area contributed by atoms with Crippen LogP contribution in [0.3, 0.4) is 0 Å². The van der Waals surface area contributed by atoms with Gasteiger partial charge in [-0.1, -0.05) is 19.1 Å². The van der Waals surface area contributed by atoms with Crippen LogP contribution >= 0.6 is 0 Å². The van der Waals surface area contributed by atoms with E-state index in [4.69, 9.17) is 4.74 Å². The molecule has 3 saturated carbocycles. The summed E-state index contributed by atoms with van der Waals surface area (Å²) in [6.07, 6.45) is 3.53. The maximum Gasteiger partial charge on any atom is 0.258 e. The molecule has 2 N–H and O–H groups in total. The Bertz CT molecular complexity index is 838. The van der Waals surface area contributed by atoms with Crippen molar-refractivity contribution in [2.45, 2.75) is 38.3 Å². The number of piperazine rings is 1. The molecule has 2 bridgehead atoms. The maximum atomic E-state index is 13.0. The van der Waals surface area contributed by atoms with Gasteiger partial charge in [-0.05, 0) is 43.9 Å². The van der Waals surface area contributed by atoms with Gasteiger partial charge in [0.1, 0.15) is 5.75 Å². The minimum absolute atomic E-state index is 0.0268. The largest absolute Gasteiger partial charge is 0.467 e. The number of hydrogen-bond acceptors (Lipinski definition) is 5. The molecule has 0 radical (unpaired) electrons. The Morgan fingerprint density at radius 1 is 1.19 bits per heavy atom. The van der Waals surface area contributed by atoms with Crippen LogP contribution < -0.4 is 15.4 Å². The molecule has 31 heavy (non-hydrogen) atoms. The number of ether oxygens (including phenoxy) is 1. The highest BCUT2D eigenvalue weighted by Crippen LogP contribution is 2.52. The van der Waals surface area contributed by atoms with Crippen LogP contribution in [0.5, 0.6) is 5.75 Å². The highest BCUT2D eigenvalue weighted by atomic mass is 16.5. The van der Waals surface area contributed by atoms with Gasteiger partial charge in [-0.15, -0.1) is 0 Å². The number of para-hydroxylation sites is 1.